The smallest absolute Gasteiger partial charge is 0.306 e. The van der Waals surface area contributed by atoms with Crippen molar-refractivity contribution in [2.45, 2.75) is 20.8 Å². The third-order valence-electron chi connectivity index (χ3n) is 4.49. The van der Waals surface area contributed by atoms with Crippen molar-refractivity contribution in [2.24, 2.45) is 0 Å². The minimum absolute atomic E-state index is 0.293. The van der Waals surface area contributed by atoms with Gasteiger partial charge in [-0.1, -0.05) is 30.3 Å². The number of benzene rings is 3. The molecule has 0 saturated heterocycles. The van der Waals surface area contributed by atoms with Crippen LogP contribution in [0.3, 0.4) is 0 Å². The molecule has 0 amide bonds. The van der Waals surface area contributed by atoms with Crippen LogP contribution in [0.25, 0.3) is 22.3 Å². The average Bonchev–Trinajstić information content (AvgIpc) is 2.58. The third-order valence-corrected chi connectivity index (χ3v) is 4.99. The highest BCUT2D eigenvalue weighted by atomic mass is 32.2. The summed E-state index contributed by atoms with van der Waals surface area (Å²) >= 11 is 0. The second kappa shape index (κ2) is 7.08. The summed E-state index contributed by atoms with van der Waals surface area (Å²) < 4.78 is 27.4. The van der Waals surface area contributed by atoms with Crippen molar-refractivity contribution in [2.75, 3.05) is 6.26 Å². The summed E-state index contributed by atoms with van der Waals surface area (Å²) in [5, 5.41) is 9.75. The van der Waals surface area contributed by atoms with Crippen LogP contribution < -0.4 is 4.18 Å². The Morgan fingerprint density at radius 2 is 1.26 bits per heavy atom. The lowest BCUT2D eigenvalue weighted by molar-refractivity contribution is 0.471. The Kier molecular flexibility index (Phi) is 4.98. The minimum Gasteiger partial charge on any atom is -0.508 e. The number of phenols is 1. The van der Waals surface area contributed by atoms with Crippen LogP contribution in [0.1, 0.15) is 16.7 Å². The molecule has 0 heterocycles. The molecule has 0 atom stereocenters. The molecule has 5 heteroatoms. The quantitative estimate of drug-likeness (QED) is 0.646. The van der Waals surface area contributed by atoms with E-state index in [9.17, 15) is 13.5 Å². The first kappa shape index (κ1) is 19.0. The normalized spacial score (nSPS) is 11.4. The van der Waals surface area contributed by atoms with Gasteiger partial charge >= 0.3 is 10.1 Å². The molecule has 0 aliphatic heterocycles. The zero-order valence-electron chi connectivity index (χ0n) is 15.8. The van der Waals surface area contributed by atoms with Crippen molar-refractivity contribution in [1.29, 1.82) is 0 Å². The number of hydrogen-bond acceptors (Lipinski definition) is 4. The van der Waals surface area contributed by atoms with Crippen LogP contribution in [0.4, 0.5) is 0 Å². The van der Waals surface area contributed by atoms with E-state index in [0.29, 0.717) is 11.5 Å². The number of aromatic hydroxyl groups is 1. The molecule has 0 fully saturated rings. The van der Waals surface area contributed by atoms with Crippen LogP contribution >= 0.6 is 0 Å². The van der Waals surface area contributed by atoms with E-state index >= 15 is 0 Å². The minimum atomic E-state index is -3.53. The molecule has 0 bridgehead atoms. The molecule has 3 aromatic carbocycles. The first-order valence-electron chi connectivity index (χ1n) is 8.55. The Hall–Kier alpha value is -2.79. The Morgan fingerprint density at radius 3 is 1.78 bits per heavy atom. The van der Waals surface area contributed by atoms with Crippen molar-refractivity contribution in [3.63, 3.8) is 0 Å². The average molecular weight is 382 g/mol. The molecule has 0 aromatic heterocycles. The standard InChI is InChI=1S/C22H22O4S/c1-14-13-21(18-7-10-22(23)16(3)11-18)15(2)12-20(14)17-5-8-19(9-6-17)26-27(4,24)25/h5-13,23H,1-4H3. The van der Waals surface area contributed by atoms with Gasteiger partial charge in [-0.25, -0.2) is 0 Å². The summed E-state index contributed by atoms with van der Waals surface area (Å²) in [6, 6.07) is 16.9. The lowest BCUT2D eigenvalue weighted by Crippen LogP contribution is -2.05. The predicted molar refractivity (Wildman–Crippen MR) is 109 cm³/mol. The molecule has 140 valence electrons. The van der Waals surface area contributed by atoms with Crippen LogP contribution in [0, 0.1) is 20.8 Å². The Bertz CT molecular complexity index is 1100. The van der Waals surface area contributed by atoms with Crippen molar-refractivity contribution in [1.82, 2.24) is 0 Å². The molecule has 1 N–H and O–H groups in total. The van der Waals surface area contributed by atoms with Gasteiger partial charge < -0.3 is 9.29 Å². The van der Waals surface area contributed by atoms with Gasteiger partial charge in [0.15, 0.2) is 0 Å². The maximum Gasteiger partial charge on any atom is 0.306 e. The van der Waals surface area contributed by atoms with E-state index < -0.39 is 10.1 Å². The lowest BCUT2D eigenvalue weighted by Gasteiger charge is -2.14. The largest absolute Gasteiger partial charge is 0.508 e. The molecule has 0 saturated carbocycles. The molecule has 27 heavy (non-hydrogen) atoms. The number of rotatable bonds is 4. The molecular weight excluding hydrogens is 360 g/mol. The molecule has 0 unspecified atom stereocenters. The molecule has 3 aromatic rings. The fourth-order valence-electron chi connectivity index (χ4n) is 3.13. The van der Waals surface area contributed by atoms with Crippen molar-refractivity contribution >= 4 is 10.1 Å². The van der Waals surface area contributed by atoms with Gasteiger partial charge in [0, 0.05) is 0 Å². The number of hydrogen-bond donors (Lipinski definition) is 1. The van der Waals surface area contributed by atoms with Gasteiger partial charge in [-0.3, -0.25) is 0 Å². The Morgan fingerprint density at radius 1 is 0.741 bits per heavy atom. The molecule has 0 spiro atoms. The number of aryl methyl sites for hydroxylation is 3. The van der Waals surface area contributed by atoms with Gasteiger partial charge in [0.25, 0.3) is 0 Å². The Balaban J connectivity index is 1.98. The third kappa shape index (κ3) is 4.31. The van der Waals surface area contributed by atoms with E-state index in [1.54, 1.807) is 18.2 Å². The van der Waals surface area contributed by atoms with Gasteiger partial charge in [-0.15, -0.1) is 0 Å². The molecule has 0 aliphatic rings. The van der Waals surface area contributed by atoms with E-state index in [1.165, 1.54) is 0 Å². The van der Waals surface area contributed by atoms with E-state index in [1.807, 2.05) is 38.1 Å². The summed E-state index contributed by atoms with van der Waals surface area (Å²) in [5.74, 6) is 0.591. The fraction of sp³-hybridized carbons (Fsp3) is 0.182. The maximum atomic E-state index is 11.2. The zero-order chi connectivity index (χ0) is 19.8. The highest BCUT2D eigenvalue weighted by Gasteiger charge is 2.11. The first-order chi connectivity index (χ1) is 12.6. The van der Waals surface area contributed by atoms with Crippen molar-refractivity contribution in [3.8, 4) is 33.8 Å². The number of phenolic OH excluding ortho intramolecular Hbond substituents is 1. The monoisotopic (exact) mass is 382 g/mol. The summed E-state index contributed by atoms with van der Waals surface area (Å²) in [7, 11) is -3.53. The van der Waals surface area contributed by atoms with Gasteiger partial charge in [0.05, 0.1) is 6.26 Å². The Labute approximate surface area is 160 Å². The first-order valence-corrected chi connectivity index (χ1v) is 10.4. The highest BCUT2D eigenvalue weighted by Crippen LogP contribution is 2.34. The summed E-state index contributed by atoms with van der Waals surface area (Å²) in [6.45, 7) is 5.99. The van der Waals surface area contributed by atoms with Crippen LogP contribution in [0.2, 0.25) is 0 Å². The molecular formula is C22H22O4S. The predicted octanol–water partition coefficient (Wildman–Crippen LogP) is 4.99. The van der Waals surface area contributed by atoms with Gasteiger partial charge in [0.2, 0.25) is 0 Å². The van der Waals surface area contributed by atoms with E-state index in [2.05, 4.69) is 19.1 Å². The van der Waals surface area contributed by atoms with Gasteiger partial charge in [-0.2, -0.15) is 8.42 Å². The highest BCUT2D eigenvalue weighted by molar-refractivity contribution is 7.86. The van der Waals surface area contributed by atoms with Crippen LogP contribution in [-0.4, -0.2) is 19.8 Å². The lowest BCUT2D eigenvalue weighted by atomic mass is 9.91. The van der Waals surface area contributed by atoms with Crippen LogP contribution in [-0.2, 0) is 10.1 Å². The molecule has 3 rings (SSSR count). The zero-order valence-corrected chi connectivity index (χ0v) is 16.6. The summed E-state index contributed by atoms with van der Waals surface area (Å²) in [6.07, 6.45) is 1.03. The second-order valence-electron chi connectivity index (χ2n) is 6.80. The molecule has 0 radical (unpaired) electrons. The van der Waals surface area contributed by atoms with Gasteiger partial charge in [-0.05, 0) is 84.0 Å². The topological polar surface area (TPSA) is 63.6 Å². The van der Waals surface area contributed by atoms with E-state index in [0.717, 1.165) is 45.2 Å². The second-order valence-corrected chi connectivity index (χ2v) is 8.37. The van der Waals surface area contributed by atoms with Gasteiger partial charge in [0.1, 0.15) is 11.5 Å². The van der Waals surface area contributed by atoms with E-state index in [-0.39, 0.29) is 0 Å². The molecule has 0 aliphatic carbocycles. The van der Waals surface area contributed by atoms with Crippen molar-refractivity contribution < 1.29 is 17.7 Å². The summed E-state index contributed by atoms with van der Waals surface area (Å²) in [5.41, 5.74) is 7.33. The van der Waals surface area contributed by atoms with Crippen LogP contribution in [0.5, 0.6) is 11.5 Å². The fourth-order valence-corrected chi connectivity index (χ4v) is 3.59. The summed E-state index contributed by atoms with van der Waals surface area (Å²) in [4.78, 5) is 0. The van der Waals surface area contributed by atoms with Crippen LogP contribution in [0.15, 0.2) is 54.6 Å². The van der Waals surface area contributed by atoms with Crippen molar-refractivity contribution in [3.05, 3.63) is 71.3 Å². The maximum absolute atomic E-state index is 11.2. The van der Waals surface area contributed by atoms with E-state index in [4.69, 9.17) is 4.18 Å². The molecule has 4 nitrogen and oxygen atoms in total. The SMILES string of the molecule is Cc1cc(-c2cc(C)c(-c3ccc(OS(C)(=O)=O)cc3)cc2C)ccc1O.